The van der Waals surface area contributed by atoms with Crippen LogP contribution in [0, 0.1) is 0 Å². The number of nitrogens with one attached hydrogen (secondary N) is 1. The molecule has 0 spiro atoms. The third kappa shape index (κ3) is 3.51. The third-order valence-corrected chi connectivity index (χ3v) is 3.99. The van der Waals surface area contributed by atoms with Crippen molar-refractivity contribution in [3.8, 4) is 5.75 Å². The lowest BCUT2D eigenvalue weighted by molar-refractivity contribution is -0.308. The fourth-order valence-corrected chi connectivity index (χ4v) is 2.66. The summed E-state index contributed by atoms with van der Waals surface area (Å²) in [6.45, 7) is 1.25. The van der Waals surface area contributed by atoms with Crippen molar-refractivity contribution in [2.45, 2.75) is 19.4 Å². The number of hydrogen-bond donors (Lipinski definition) is 1. The van der Waals surface area contributed by atoms with Crippen LogP contribution in [0.2, 0.25) is 0 Å². The minimum atomic E-state index is -1.35. The number of fused-ring (bicyclic) bond motifs is 3. The first-order valence-electron chi connectivity index (χ1n) is 8.08. The number of aliphatic carboxylic acids is 1. The van der Waals surface area contributed by atoms with Gasteiger partial charge in [0.2, 0.25) is 0 Å². The Morgan fingerprint density at radius 1 is 1.15 bits per heavy atom. The Labute approximate surface area is 148 Å². The Kier molecular flexibility index (Phi) is 4.88. The Morgan fingerprint density at radius 3 is 2.58 bits per heavy atom. The zero-order chi connectivity index (χ0) is 18.7. The van der Waals surface area contributed by atoms with Gasteiger partial charge in [0.25, 0.3) is 5.91 Å². The molecule has 0 aliphatic heterocycles. The van der Waals surface area contributed by atoms with Crippen LogP contribution in [-0.4, -0.2) is 24.5 Å². The second kappa shape index (κ2) is 7.26. The lowest BCUT2D eigenvalue weighted by Gasteiger charge is -2.17. The van der Waals surface area contributed by atoms with Gasteiger partial charge in [0, 0.05) is 11.5 Å². The van der Waals surface area contributed by atoms with Gasteiger partial charge in [0.05, 0.1) is 17.4 Å². The fourth-order valence-electron chi connectivity index (χ4n) is 2.66. The first-order chi connectivity index (χ1) is 12.5. The van der Waals surface area contributed by atoms with E-state index >= 15 is 0 Å². The highest BCUT2D eigenvalue weighted by molar-refractivity contribution is 6.04. The van der Waals surface area contributed by atoms with Crippen molar-refractivity contribution >= 4 is 33.6 Å². The average molecular weight is 354 g/mol. The predicted molar refractivity (Wildman–Crippen MR) is 92.7 cm³/mol. The number of benzene rings is 2. The molecule has 0 aliphatic rings. The predicted octanol–water partition coefficient (Wildman–Crippen LogP) is 0.970. The Bertz CT molecular complexity index is 1040. The lowest BCUT2D eigenvalue weighted by atomic mass is 10.1. The molecule has 3 aromatic rings. The number of carboxylic acid groups (broad SMARTS) is 1. The van der Waals surface area contributed by atoms with E-state index in [1.165, 1.54) is 6.07 Å². The average Bonchev–Trinajstić information content (AvgIpc) is 2.64. The molecule has 7 nitrogen and oxygen atoms in total. The van der Waals surface area contributed by atoms with Gasteiger partial charge in [-0.1, -0.05) is 25.1 Å². The maximum absolute atomic E-state index is 12.1. The molecule has 134 valence electrons. The number of carbonyl (C=O) groups excluding carboxylic acids is 2. The van der Waals surface area contributed by atoms with E-state index in [2.05, 4.69) is 5.32 Å². The molecule has 1 atom stereocenters. The van der Waals surface area contributed by atoms with Crippen LogP contribution in [0.3, 0.4) is 0 Å². The van der Waals surface area contributed by atoms with Gasteiger partial charge in [-0.15, -0.1) is 0 Å². The quantitative estimate of drug-likeness (QED) is 0.522. The van der Waals surface area contributed by atoms with E-state index in [0.29, 0.717) is 16.7 Å². The molecule has 2 aromatic carbocycles. The number of rotatable bonds is 6. The van der Waals surface area contributed by atoms with Crippen LogP contribution in [0.25, 0.3) is 21.7 Å². The molecule has 1 amide bonds. The van der Waals surface area contributed by atoms with E-state index in [9.17, 15) is 19.5 Å². The van der Waals surface area contributed by atoms with Crippen LogP contribution < -0.4 is 20.8 Å². The largest absolute Gasteiger partial charge is 0.548 e. The molecule has 3 rings (SSSR count). The topological polar surface area (TPSA) is 109 Å². The molecule has 1 aromatic heterocycles. The summed E-state index contributed by atoms with van der Waals surface area (Å²) in [5.74, 6) is -1.60. The molecule has 0 bridgehead atoms. The number of carboxylic acids is 1. The van der Waals surface area contributed by atoms with Gasteiger partial charge in [-0.3, -0.25) is 4.79 Å². The minimum absolute atomic E-state index is 0.211. The van der Waals surface area contributed by atoms with Gasteiger partial charge in [0.1, 0.15) is 11.3 Å². The van der Waals surface area contributed by atoms with Crippen molar-refractivity contribution in [1.82, 2.24) is 5.32 Å². The second-order valence-electron chi connectivity index (χ2n) is 5.73. The summed E-state index contributed by atoms with van der Waals surface area (Å²) in [4.78, 5) is 34.7. The van der Waals surface area contributed by atoms with Gasteiger partial charge in [-0.2, -0.15) is 0 Å². The van der Waals surface area contributed by atoms with Crippen LogP contribution in [0.15, 0.2) is 51.7 Å². The van der Waals surface area contributed by atoms with Crippen molar-refractivity contribution in [2.24, 2.45) is 0 Å². The fraction of sp³-hybridized carbons (Fsp3) is 0.211. The Hall–Kier alpha value is -3.35. The minimum Gasteiger partial charge on any atom is -0.548 e. The first kappa shape index (κ1) is 17.5. The van der Waals surface area contributed by atoms with Crippen LogP contribution in [-0.2, 0) is 9.59 Å². The molecule has 1 heterocycles. The monoisotopic (exact) mass is 354 g/mol. The van der Waals surface area contributed by atoms with E-state index in [0.717, 1.165) is 10.8 Å². The molecular weight excluding hydrogens is 338 g/mol. The Balaban J connectivity index is 1.79. The van der Waals surface area contributed by atoms with Crippen LogP contribution in [0.5, 0.6) is 5.75 Å². The second-order valence-corrected chi connectivity index (χ2v) is 5.73. The van der Waals surface area contributed by atoms with Crippen molar-refractivity contribution < 1.29 is 23.8 Å². The molecule has 0 unspecified atom stereocenters. The molecule has 7 heteroatoms. The molecule has 0 saturated carbocycles. The summed E-state index contributed by atoms with van der Waals surface area (Å²) < 4.78 is 10.7. The number of carbonyl (C=O) groups is 2. The molecule has 0 radical (unpaired) electrons. The first-order valence-corrected chi connectivity index (χ1v) is 8.08. The van der Waals surface area contributed by atoms with E-state index in [1.54, 1.807) is 31.2 Å². The summed E-state index contributed by atoms with van der Waals surface area (Å²) in [7, 11) is 0. The smallest absolute Gasteiger partial charge is 0.344 e. The summed E-state index contributed by atoms with van der Waals surface area (Å²) in [6, 6.07) is 11.0. The van der Waals surface area contributed by atoms with Gasteiger partial charge in [-0.25, -0.2) is 4.79 Å². The van der Waals surface area contributed by atoms with Crippen molar-refractivity contribution in [2.75, 3.05) is 6.61 Å². The zero-order valence-corrected chi connectivity index (χ0v) is 14.0. The van der Waals surface area contributed by atoms with Gasteiger partial charge in [-0.05, 0) is 30.0 Å². The summed E-state index contributed by atoms with van der Waals surface area (Å²) >= 11 is 0. The Morgan fingerprint density at radius 2 is 1.88 bits per heavy atom. The van der Waals surface area contributed by atoms with Gasteiger partial charge >= 0.3 is 5.63 Å². The van der Waals surface area contributed by atoms with E-state index in [-0.39, 0.29) is 13.0 Å². The maximum Gasteiger partial charge on any atom is 0.344 e. The molecular formula is C19H16NO6-. The van der Waals surface area contributed by atoms with E-state index < -0.39 is 23.5 Å². The molecule has 26 heavy (non-hydrogen) atoms. The molecule has 1 N–H and O–H groups in total. The molecule has 0 saturated heterocycles. The highest BCUT2D eigenvalue weighted by atomic mass is 16.5. The van der Waals surface area contributed by atoms with Gasteiger partial charge in [0.15, 0.2) is 6.61 Å². The zero-order valence-electron chi connectivity index (χ0n) is 14.0. The standard InChI is InChI=1S/C19H17NO6/c1-2-15(18(22)23)20-17(21)10-25-11-7-8-13-12-5-3-4-6-14(12)19(24)26-16(13)9-11/h3-9,15H,2,10H2,1H3,(H,20,21)(H,22,23)/p-1/t15-/m1/s1. The highest BCUT2D eigenvalue weighted by Gasteiger charge is 2.12. The summed E-state index contributed by atoms with van der Waals surface area (Å²) in [6.07, 6.45) is 0.211. The molecule has 0 aliphatic carbocycles. The summed E-state index contributed by atoms with van der Waals surface area (Å²) in [5.41, 5.74) is -0.115. The lowest BCUT2D eigenvalue weighted by Crippen LogP contribution is -2.48. The van der Waals surface area contributed by atoms with Crippen molar-refractivity contribution in [3.63, 3.8) is 0 Å². The molecule has 0 fully saturated rings. The number of amides is 1. The third-order valence-electron chi connectivity index (χ3n) is 3.99. The number of hydrogen-bond acceptors (Lipinski definition) is 6. The maximum atomic E-state index is 12.1. The van der Waals surface area contributed by atoms with Crippen LogP contribution in [0.4, 0.5) is 0 Å². The summed E-state index contributed by atoms with van der Waals surface area (Å²) in [5, 5.41) is 15.1. The highest BCUT2D eigenvalue weighted by Crippen LogP contribution is 2.26. The SMILES string of the molecule is CC[C@@H](NC(=O)COc1ccc2c(c1)oc(=O)c1ccccc12)C(=O)[O-]. The number of ether oxygens (including phenoxy) is 1. The normalized spacial score (nSPS) is 12.0. The van der Waals surface area contributed by atoms with Gasteiger partial charge < -0.3 is 24.4 Å². The van der Waals surface area contributed by atoms with Crippen molar-refractivity contribution in [1.29, 1.82) is 0 Å². The van der Waals surface area contributed by atoms with Crippen molar-refractivity contribution in [3.05, 3.63) is 52.9 Å². The van der Waals surface area contributed by atoms with Crippen LogP contribution >= 0.6 is 0 Å². The van der Waals surface area contributed by atoms with Crippen LogP contribution in [0.1, 0.15) is 13.3 Å². The van der Waals surface area contributed by atoms with E-state index in [1.807, 2.05) is 12.1 Å². The van der Waals surface area contributed by atoms with E-state index in [4.69, 9.17) is 9.15 Å².